The van der Waals surface area contributed by atoms with Gasteiger partial charge in [0.15, 0.2) is 0 Å². The molecule has 86 valence electrons. The Kier molecular flexibility index (Phi) is 5.26. The molecule has 3 heteroatoms. The van der Waals surface area contributed by atoms with Gasteiger partial charge in [-0.3, -0.25) is 0 Å². The molecule has 1 aromatic heterocycles. The summed E-state index contributed by atoms with van der Waals surface area (Å²) in [4.78, 5) is 6.01. The van der Waals surface area contributed by atoms with Gasteiger partial charge in [0.1, 0.15) is 0 Å². The van der Waals surface area contributed by atoms with Crippen LogP contribution in [0.4, 0.5) is 0 Å². The van der Waals surface area contributed by atoms with Gasteiger partial charge in [-0.1, -0.05) is 20.8 Å². The highest BCUT2D eigenvalue weighted by Gasteiger charge is 2.05. The monoisotopic (exact) mass is 226 g/mol. The van der Waals surface area contributed by atoms with E-state index in [-0.39, 0.29) is 0 Å². The number of nitrogens with one attached hydrogen (secondary N) is 1. The van der Waals surface area contributed by atoms with Crippen molar-refractivity contribution in [3.63, 3.8) is 0 Å². The van der Waals surface area contributed by atoms with E-state index in [9.17, 15) is 0 Å². The number of rotatable bonds is 6. The van der Waals surface area contributed by atoms with Gasteiger partial charge >= 0.3 is 0 Å². The zero-order valence-corrected chi connectivity index (χ0v) is 11.1. The molecule has 0 spiro atoms. The second-order valence-corrected chi connectivity index (χ2v) is 5.60. The van der Waals surface area contributed by atoms with Crippen LogP contribution in [0.1, 0.15) is 36.3 Å². The van der Waals surface area contributed by atoms with Gasteiger partial charge in [-0.2, -0.15) is 0 Å². The Bertz CT molecular complexity index is 292. The highest BCUT2D eigenvalue weighted by atomic mass is 32.1. The van der Waals surface area contributed by atoms with Crippen molar-refractivity contribution in [3.05, 3.63) is 15.6 Å². The van der Waals surface area contributed by atoms with E-state index in [1.54, 1.807) is 0 Å². The molecule has 0 saturated heterocycles. The molecule has 2 nitrogen and oxygen atoms in total. The molecule has 0 aliphatic rings. The second kappa shape index (κ2) is 6.23. The van der Waals surface area contributed by atoms with Crippen LogP contribution in [0.25, 0.3) is 0 Å². The fourth-order valence-electron chi connectivity index (χ4n) is 1.51. The van der Waals surface area contributed by atoms with Crippen molar-refractivity contribution < 1.29 is 0 Å². The van der Waals surface area contributed by atoms with E-state index in [4.69, 9.17) is 0 Å². The minimum absolute atomic E-state index is 0.731. The van der Waals surface area contributed by atoms with Gasteiger partial charge in [-0.15, -0.1) is 11.3 Å². The second-order valence-electron chi connectivity index (χ2n) is 4.31. The number of hydrogen-bond acceptors (Lipinski definition) is 3. The van der Waals surface area contributed by atoms with E-state index >= 15 is 0 Å². The Balaban J connectivity index is 2.31. The van der Waals surface area contributed by atoms with E-state index in [1.807, 2.05) is 11.3 Å². The summed E-state index contributed by atoms with van der Waals surface area (Å²) >= 11 is 1.85. The summed E-state index contributed by atoms with van der Waals surface area (Å²) < 4.78 is 0. The van der Waals surface area contributed by atoms with Crippen LogP contribution in [0.15, 0.2) is 0 Å². The van der Waals surface area contributed by atoms with Gasteiger partial charge in [-0.25, -0.2) is 4.98 Å². The third-order valence-electron chi connectivity index (χ3n) is 2.34. The maximum atomic E-state index is 4.62. The summed E-state index contributed by atoms with van der Waals surface area (Å²) in [5.74, 6) is 0.731. The molecule has 0 atom stereocenters. The molecule has 1 N–H and O–H groups in total. The highest BCUT2D eigenvalue weighted by molar-refractivity contribution is 7.11. The van der Waals surface area contributed by atoms with Crippen LogP contribution < -0.4 is 5.32 Å². The molecular weight excluding hydrogens is 204 g/mol. The largest absolute Gasteiger partial charge is 0.316 e. The first-order valence-corrected chi connectivity index (χ1v) is 6.61. The first-order valence-electron chi connectivity index (χ1n) is 5.79. The highest BCUT2D eigenvalue weighted by Crippen LogP contribution is 2.17. The quantitative estimate of drug-likeness (QED) is 0.755. The van der Waals surface area contributed by atoms with Crippen LogP contribution in [0.2, 0.25) is 0 Å². The first-order chi connectivity index (χ1) is 7.13. The maximum absolute atomic E-state index is 4.62. The van der Waals surface area contributed by atoms with Crippen LogP contribution in [0.5, 0.6) is 0 Å². The molecule has 0 bridgehead atoms. The van der Waals surface area contributed by atoms with Gasteiger partial charge < -0.3 is 5.32 Å². The van der Waals surface area contributed by atoms with Crippen molar-refractivity contribution in [2.45, 2.75) is 40.5 Å². The summed E-state index contributed by atoms with van der Waals surface area (Å²) in [5, 5.41) is 4.73. The maximum Gasteiger partial charge on any atom is 0.0943 e. The molecule has 0 aromatic carbocycles. The summed E-state index contributed by atoms with van der Waals surface area (Å²) in [7, 11) is 0. The SMILES string of the molecule is CCc1nc(CCNCC(C)C)sc1C. The van der Waals surface area contributed by atoms with E-state index in [0.717, 1.165) is 31.8 Å². The number of aryl methyl sites for hydroxylation is 2. The zero-order valence-electron chi connectivity index (χ0n) is 10.3. The van der Waals surface area contributed by atoms with E-state index in [1.165, 1.54) is 15.6 Å². The van der Waals surface area contributed by atoms with Gasteiger partial charge in [0.25, 0.3) is 0 Å². The first kappa shape index (κ1) is 12.7. The third-order valence-corrected chi connectivity index (χ3v) is 3.41. The lowest BCUT2D eigenvalue weighted by Gasteiger charge is -2.05. The van der Waals surface area contributed by atoms with Crippen LogP contribution in [0.3, 0.4) is 0 Å². The smallest absolute Gasteiger partial charge is 0.0943 e. The van der Waals surface area contributed by atoms with Crippen LogP contribution in [0, 0.1) is 12.8 Å². The van der Waals surface area contributed by atoms with Crippen LogP contribution >= 0.6 is 11.3 Å². The molecule has 15 heavy (non-hydrogen) atoms. The minimum Gasteiger partial charge on any atom is -0.316 e. The Hall–Kier alpha value is -0.410. The van der Waals surface area contributed by atoms with E-state index in [2.05, 4.69) is 38.0 Å². The molecule has 0 aliphatic carbocycles. The minimum atomic E-state index is 0.731. The number of nitrogens with zero attached hydrogens (tertiary/aromatic N) is 1. The molecule has 0 aliphatic heterocycles. The number of hydrogen-bond donors (Lipinski definition) is 1. The van der Waals surface area contributed by atoms with Crippen molar-refractivity contribution in [2.24, 2.45) is 5.92 Å². The number of thiazole rings is 1. The van der Waals surface area contributed by atoms with E-state index in [0.29, 0.717) is 0 Å². The summed E-state index contributed by atoms with van der Waals surface area (Å²) in [6.07, 6.45) is 2.12. The van der Waals surface area contributed by atoms with Crippen molar-refractivity contribution in [1.29, 1.82) is 0 Å². The Morgan fingerprint density at radius 3 is 2.67 bits per heavy atom. The average molecular weight is 226 g/mol. The van der Waals surface area contributed by atoms with Crippen molar-refractivity contribution in [2.75, 3.05) is 13.1 Å². The van der Waals surface area contributed by atoms with Crippen LogP contribution in [-0.4, -0.2) is 18.1 Å². The van der Waals surface area contributed by atoms with Gasteiger partial charge in [0.2, 0.25) is 0 Å². The van der Waals surface area contributed by atoms with Gasteiger partial charge in [0.05, 0.1) is 10.7 Å². The molecule has 1 aromatic rings. The summed E-state index contributed by atoms with van der Waals surface area (Å²) in [6.45, 7) is 11.0. The topological polar surface area (TPSA) is 24.9 Å². The molecule has 0 saturated carbocycles. The van der Waals surface area contributed by atoms with Crippen molar-refractivity contribution in [3.8, 4) is 0 Å². The Morgan fingerprint density at radius 1 is 1.40 bits per heavy atom. The molecule has 0 unspecified atom stereocenters. The van der Waals surface area contributed by atoms with Gasteiger partial charge in [0, 0.05) is 17.8 Å². The Morgan fingerprint density at radius 2 is 2.13 bits per heavy atom. The summed E-state index contributed by atoms with van der Waals surface area (Å²) in [5.41, 5.74) is 1.28. The average Bonchev–Trinajstić information content (AvgIpc) is 2.53. The lowest BCUT2D eigenvalue weighted by atomic mass is 10.2. The molecular formula is C12H22N2S. The van der Waals surface area contributed by atoms with E-state index < -0.39 is 0 Å². The molecule has 1 heterocycles. The van der Waals surface area contributed by atoms with Crippen molar-refractivity contribution >= 4 is 11.3 Å². The standard InChI is InChI=1S/C12H22N2S/c1-5-11-10(4)15-12(14-11)6-7-13-8-9(2)3/h9,13H,5-8H2,1-4H3. The third kappa shape index (κ3) is 4.31. The normalized spacial score (nSPS) is 11.3. The molecule has 0 fully saturated rings. The zero-order chi connectivity index (χ0) is 11.3. The summed E-state index contributed by atoms with van der Waals surface area (Å²) in [6, 6.07) is 0. The molecule has 0 radical (unpaired) electrons. The fraction of sp³-hybridized carbons (Fsp3) is 0.750. The predicted molar refractivity (Wildman–Crippen MR) is 67.6 cm³/mol. The predicted octanol–water partition coefficient (Wildman–Crippen LogP) is 2.80. The molecule has 0 amide bonds. The van der Waals surface area contributed by atoms with Gasteiger partial charge in [-0.05, 0) is 25.8 Å². The van der Waals surface area contributed by atoms with Crippen molar-refractivity contribution in [1.82, 2.24) is 10.3 Å². The Labute approximate surface area is 97.1 Å². The molecule has 1 rings (SSSR count). The van der Waals surface area contributed by atoms with Crippen LogP contribution in [-0.2, 0) is 12.8 Å². The lowest BCUT2D eigenvalue weighted by molar-refractivity contribution is 0.554. The number of aromatic nitrogens is 1. The fourth-order valence-corrected chi connectivity index (χ4v) is 2.53. The lowest BCUT2D eigenvalue weighted by Crippen LogP contribution is -2.22.